The van der Waals surface area contributed by atoms with Crippen LogP contribution in [0.2, 0.25) is 0 Å². The van der Waals surface area contributed by atoms with Crippen molar-refractivity contribution in [3.05, 3.63) is 41.1 Å². The molecule has 0 saturated heterocycles. The smallest absolute Gasteiger partial charge is 0.340 e. The van der Waals surface area contributed by atoms with Crippen molar-refractivity contribution in [1.82, 2.24) is 4.57 Å². The Hall–Kier alpha value is -2.49. The first-order valence-corrected chi connectivity index (χ1v) is 8.70. The molecule has 0 unspecified atom stereocenters. The van der Waals surface area contributed by atoms with Crippen LogP contribution in [0.5, 0.6) is 5.75 Å². The van der Waals surface area contributed by atoms with Crippen molar-refractivity contribution in [2.45, 2.75) is 40.7 Å². The first-order chi connectivity index (χ1) is 11.9. The zero-order chi connectivity index (χ0) is 18.3. The summed E-state index contributed by atoms with van der Waals surface area (Å²) in [4.78, 5) is 12.7. The molecular weight excluding hydrogens is 314 g/mol. The van der Waals surface area contributed by atoms with E-state index in [2.05, 4.69) is 30.5 Å². The highest BCUT2D eigenvalue weighted by Gasteiger charge is 2.27. The average molecular weight is 339 g/mol. The van der Waals surface area contributed by atoms with E-state index >= 15 is 0 Å². The summed E-state index contributed by atoms with van der Waals surface area (Å²) in [7, 11) is 1.68. The molecule has 1 aromatic heterocycles. The van der Waals surface area contributed by atoms with Gasteiger partial charge in [-0.3, -0.25) is 0 Å². The minimum absolute atomic E-state index is 0.224. The maximum atomic E-state index is 12.7. The van der Waals surface area contributed by atoms with Crippen LogP contribution >= 0.6 is 0 Å². The summed E-state index contributed by atoms with van der Waals surface area (Å²) in [6.07, 6.45) is 0. The summed E-state index contributed by atoms with van der Waals surface area (Å²) in [5, 5.41) is 3.08. The molecule has 0 bridgehead atoms. The van der Waals surface area contributed by atoms with Gasteiger partial charge in [0.05, 0.1) is 24.8 Å². The molecule has 2 aromatic carbocycles. The second kappa shape index (κ2) is 6.43. The molecule has 0 aliphatic rings. The highest BCUT2D eigenvalue weighted by Crippen LogP contribution is 2.42. The minimum atomic E-state index is -0.273. The SMILES string of the molecule is CCOC(=O)c1c(C)n(C(C)C)c2c1c(C)c(OC)c1ccccc12. The minimum Gasteiger partial charge on any atom is -0.496 e. The van der Waals surface area contributed by atoms with Crippen LogP contribution in [0, 0.1) is 13.8 Å². The van der Waals surface area contributed by atoms with Gasteiger partial charge in [0.1, 0.15) is 5.75 Å². The molecule has 0 aliphatic carbocycles. The number of rotatable bonds is 4. The molecule has 4 heteroatoms. The second-order valence-corrected chi connectivity index (χ2v) is 6.57. The molecule has 0 saturated carbocycles. The van der Waals surface area contributed by atoms with Crippen LogP contribution in [0.1, 0.15) is 48.4 Å². The Labute approximate surface area is 148 Å². The van der Waals surface area contributed by atoms with Gasteiger partial charge in [0, 0.05) is 33.5 Å². The predicted octanol–water partition coefficient (Wildman–Crippen LogP) is 5.18. The summed E-state index contributed by atoms with van der Waals surface area (Å²) in [6.45, 7) is 10.5. The Morgan fingerprint density at radius 3 is 2.36 bits per heavy atom. The quantitative estimate of drug-likeness (QED) is 0.615. The number of aromatic nitrogens is 1. The lowest BCUT2D eigenvalue weighted by atomic mass is 9.98. The zero-order valence-electron chi connectivity index (χ0n) is 15.8. The van der Waals surface area contributed by atoms with Gasteiger partial charge >= 0.3 is 5.97 Å². The molecule has 0 amide bonds. The molecule has 0 N–H and O–H groups in total. The Morgan fingerprint density at radius 1 is 1.16 bits per heavy atom. The first kappa shape index (κ1) is 17.3. The third-order valence-corrected chi connectivity index (χ3v) is 4.79. The van der Waals surface area contributed by atoms with Crippen molar-refractivity contribution in [3.8, 4) is 5.75 Å². The Balaban J connectivity index is 2.60. The first-order valence-electron chi connectivity index (χ1n) is 8.70. The maximum Gasteiger partial charge on any atom is 0.340 e. The maximum absolute atomic E-state index is 12.7. The van der Waals surface area contributed by atoms with Gasteiger partial charge in [-0.05, 0) is 34.6 Å². The van der Waals surface area contributed by atoms with E-state index in [1.54, 1.807) is 7.11 Å². The Kier molecular flexibility index (Phi) is 4.46. The molecule has 132 valence electrons. The summed E-state index contributed by atoms with van der Waals surface area (Å²) in [6, 6.07) is 8.41. The lowest BCUT2D eigenvalue weighted by Crippen LogP contribution is -2.08. The fraction of sp³-hybridized carbons (Fsp3) is 0.381. The number of ether oxygens (including phenoxy) is 2. The zero-order valence-corrected chi connectivity index (χ0v) is 15.8. The number of carbonyl (C=O) groups is 1. The van der Waals surface area contributed by atoms with Crippen molar-refractivity contribution < 1.29 is 14.3 Å². The summed E-state index contributed by atoms with van der Waals surface area (Å²) in [5.41, 5.74) is 3.63. The largest absolute Gasteiger partial charge is 0.496 e. The summed E-state index contributed by atoms with van der Waals surface area (Å²) in [5.74, 6) is 0.541. The van der Waals surface area contributed by atoms with Gasteiger partial charge in [0.2, 0.25) is 0 Å². The number of methoxy groups -OCH3 is 1. The van der Waals surface area contributed by atoms with Crippen molar-refractivity contribution >= 4 is 27.6 Å². The van der Waals surface area contributed by atoms with Crippen molar-refractivity contribution in [3.63, 3.8) is 0 Å². The molecule has 0 aliphatic heterocycles. The van der Waals surface area contributed by atoms with Crippen LogP contribution in [0.25, 0.3) is 21.7 Å². The van der Waals surface area contributed by atoms with E-state index in [1.807, 2.05) is 32.9 Å². The number of hydrogen-bond donors (Lipinski definition) is 0. The number of aryl methyl sites for hydroxylation is 1. The van der Waals surface area contributed by atoms with Gasteiger partial charge in [-0.1, -0.05) is 24.3 Å². The third-order valence-electron chi connectivity index (χ3n) is 4.79. The van der Waals surface area contributed by atoms with Gasteiger partial charge in [-0.15, -0.1) is 0 Å². The lowest BCUT2D eigenvalue weighted by Gasteiger charge is -2.16. The van der Waals surface area contributed by atoms with Gasteiger partial charge in [0.25, 0.3) is 0 Å². The molecule has 0 radical (unpaired) electrons. The molecule has 25 heavy (non-hydrogen) atoms. The van der Waals surface area contributed by atoms with E-state index in [9.17, 15) is 4.79 Å². The summed E-state index contributed by atoms with van der Waals surface area (Å²) < 4.78 is 13.3. The van der Waals surface area contributed by atoms with Crippen LogP contribution in [-0.2, 0) is 4.74 Å². The number of esters is 1. The normalized spacial score (nSPS) is 11.5. The van der Waals surface area contributed by atoms with Crippen LogP contribution < -0.4 is 4.74 Å². The van der Waals surface area contributed by atoms with E-state index in [-0.39, 0.29) is 12.0 Å². The van der Waals surface area contributed by atoms with E-state index in [0.717, 1.165) is 38.7 Å². The topological polar surface area (TPSA) is 40.5 Å². The number of hydrogen-bond acceptors (Lipinski definition) is 3. The van der Waals surface area contributed by atoms with Gasteiger partial charge < -0.3 is 14.0 Å². The molecule has 1 heterocycles. The number of benzene rings is 2. The number of nitrogens with zero attached hydrogens (tertiary/aromatic N) is 1. The van der Waals surface area contributed by atoms with Crippen LogP contribution in [0.15, 0.2) is 24.3 Å². The molecule has 3 rings (SSSR count). The highest BCUT2D eigenvalue weighted by molar-refractivity contribution is 6.18. The standard InChI is InChI=1S/C21H25NO3/c1-7-25-21(23)18-14(5)22(12(2)3)19-15-10-8-9-11-16(15)20(24-6)13(4)17(18)19/h8-12H,7H2,1-6H3. The van der Waals surface area contributed by atoms with Gasteiger partial charge in [-0.2, -0.15) is 0 Å². The molecule has 0 spiro atoms. The fourth-order valence-corrected chi connectivity index (χ4v) is 3.90. The fourth-order valence-electron chi connectivity index (χ4n) is 3.90. The molecule has 3 aromatic rings. The van der Waals surface area contributed by atoms with Crippen molar-refractivity contribution in [2.24, 2.45) is 0 Å². The molecule has 0 fully saturated rings. The van der Waals surface area contributed by atoms with Crippen LogP contribution in [0.4, 0.5) is 0 Å². The van der Waals surface area contributed by atoms with Crippen LogP contribution in [0.3, 0.4) is 0 Å². The van der Waals surface area contributed by atoms with Gasteiger partial charge in [0.15, 0.2) is 0 Å². The lowest BCUT2D eigenvalue weighted by molar-refractivity contribution is 0.0527. The van der Waals surface area contributed by atoms with Gasteiger partial charge in [-0.25, -0.2) is 4.79 Å². The number of fused-ring (bicyclic) bond motifs is 3. The van der Waals surface area contributed by atoms with E-state index in [1.165, 1.54) is 0 Å². The van der Waals surface area contributed by atoms with E-state index in [4.69, 9.17) is 9.47 Å². The van der Waals surface area contributed by atoms with Crippen LogP contribution in [-0.4, -0.2) is 24.3 Å². The highest BCUT2D eigenvalue weighted by atomic mass is 16.5. The monoisotopic (exact) mass is 339 g/mol. The van der Waals surface area contributed by atoms with E-state index < -0.39 is 0 Å². The molecular formula is C21H25NO3. The summed E-state index contributed by atoms with van der Waals surface area (Å²) >= 11 is 0. The van der Waals surface area contributed by atoms with Crippen molar-refractivity contribution in [1.29, 1.82) is 0 Å². The van der Waals surface area contributed by atoms with E-state index in [0.29, 0.717) is 12.2 Å². The third kappa shape index (κ3) is 2.48. The Morgan fingerprint density at radius 2 is 1.80 bits per heavy atom. The molecule has 0 atom stereocenters. The second-order valence-electron chi connectivity index (χ2n) is 6.57. The Bertz CT molecular complexity index is 967. The predicted molar refractivity (Wildman–Crippen MR) is 102 cm³/mol. The average Bonchev–Trinajstić information content (AvgIpc) is 2.89. The molecule has 4 nitrogen and oxygen atoms in total. The number of carbonyl (C=O) groups excluding carboxylic acids is 1. The van der Waals surface area contributed by atoms with Crippen molar-refractivity contribution in [2.75, 3.05) is 13.7 Å².